The van der Waals surface area contributed by atoms with E-state index in [1.165, 1.54) is 5.56 Å². The standard InChI is InChI=1S/C17H22N4O2.HI/c1-12(2)13-5-3-6-14(9-13)21-17(18)20-11-16(22)19-10-15-7-4-8-23-15;/h3-9,12H,10-11H2,1-2H3,(H,19,22)(H3,18,20,21);1H. The van der Waals surface area contributed by atoms with Crippen molar-refractivity contribution < 1.29 is 9.21 Å². The van der Waals surface area contributed by atoms with Crippen LogP contribution in [0, 0.1) is 0 Å². The predicted octanol–water partition coefficient (Wildman–Crippen LogP) is 3.06. The number of benzene rings is 1. The highest BCUT2D eigenvalue weighted by Crippen LogP contribution is 2.18. The Balaban J connectivity index is 0.00000288. The quantitative estimate of drug-likeness (QED) is 0.364. The Morgan fingerprint density at radius 1 is 1.29 bits per heavy atom. The van der Waals surface area contributed by atoms with Gasteiger partial charge in [-0.3, -0.25) is 4.79 Å². The summed E-state index contributed by atoms with van der Waals surface area (Å²) in [6, 6.07) is 11.5. The van der Waals surface area contributed by atoms with Gasteiger partial charge in [-0.05, 0) is 35.7 Å². The number of halogens is 1. The monoisotopic (exact) mass is 442 g/mol. The van der Waals surface area contributed by atoms with E-state index in [4.69, 9.17) is 10.2 Å². The normalized spacial score (nSPS) is 11.0. The van der Waals surface area contributed by atoms with Crippen LogP contribution in [0.5, 0.6) is 0 Å². The van der Waals surface area contributed by atoms with Crippen molar-refractivity contribution in [1.29, 1.82) is 0 Å². The summed E-state index contributed by atoms with van der Waals surface area (Å²) in [5, 5.41) is 5.70. The second-order valence-electron chi connectivity index (χ2n) is 5.46. The topological polar surface area (TPSA) is 92.6 Å². The van der Waals surface area contributed by atoms with Crippen molar-refractivity contribution in [3.63, 3.8) is 0 Å². The molecule has 1 heterocycles. The molecule has 4 N–H and O–H groups in total. The second kappa shape index (κ2) is 9.96. The first kappa shape index (κ1) is 20.0. The molecule has 24 heavy (non-hydrogen) atoms. The number of carbonyl (C=O) groups is 1. The molecule has 0 aliphatic carbocycles. The third-order valence-corrected chi connectivity index (χ3v) is 3.26. The molecule has 0 bridgehead atoms. The van der Waals surface area contributed by atoms with E-state index in [1.54, 1.807) is 18.4 Å². The number of carbonyl (C=O) groups excluding carboxylic acids is 1. The molecule has 2 aromatic rings. The van der Waals surface area contributed by atoms with E-state index in [0.29, 0.717) is 18.2 Å². The number of nitrogens with two attached hydrogens (primary N) is 1. The number of furan rings is 1. The lowest BCUT2D eigenvalue weighted by molar-refractivity contribution is -0.119. The van der Waals surface area contributed by atoms with Crippen LogP contribution in [0.3, 0.4) is 0 Å². The lowest BCUT2D eigenvalue weighted by Crippen LogP contribution is -2.28. The number of rotatable bonds is 6. The number of aliphatic imine (C=N–C) groups is 1. The molecule has 0 saturated carbocycles. The molecule has 0 spiro atoms. The van der Waals surface area contributed by atoms with E-state index < -0.39 is 0 Å². The van der Waals surface area contributed by atoms with Gasteiger partial charge in [-0.25, -0.2) is 4.99 Å². The highest BCUT2D eigenvalue weighted by molar-refractivity contribution is 14.0. The number of hydrogen-bond donors (Lipinski definition) is 3. The van der Waals surface area contributed by atoms with Crippen LogP contribution in [0.2, 0.25) is 0 Å². The minimum Gasteiger partial charge on any atom is -0.467 e. The molecule has 0 aliphatic rings. The largest absolute Gasteiger partial charge is 0.467 e. The highest BCUT2D eigenvalue weighted by Gasteiger charge is 2.04. The molecule has 0 radical (unpaired) electrons. The lowest BCUT2D eigenvalue weighted by atomic mass is 10.0. The Morgan fingerprint density at radius 2 is 2.08 bits per heavy atom. The molecule has 2 rings (SSSR count). The maximum atomic E-state index is 11.7. The number of anilines is 1. The van der Waals surface area contributed by atoms with E-state index in [1.807, 2.05) is 18.2 Å². The average molecular weight is 442 g/mol. The summed E-state index contributed by atoms with van der Waals surface area (Å²) in [4.78, 5) is 15.7. The molecule has 0 aliphatic heterocycles. The third-order valence-electron chi connectivity index (χ3n) is 3.26. The summed E-state index contributed by atoms with van der Waals surface area (Å²) < 4.78 is 5.13. The van der Waals surface area contributed by atoms with E-state index >= 15 is 0 Å². The van der Waals surface area contributed by atoms with Crippen LogP contribution < -0.4 is 16.4 Å². The molecule has 7 heteroatoms. The van der Waals surface area contributed by atoms with E-state index in [9.17, 15) is 4.79 Å². The van der Waals surface area contributed by atoms with Crippen molar-refractivity contribution in [2.24, 2.45) is 10.7 Å². The summed E-state index contributed by atoms with van der Waals surface area (Å²) in [6.07, 6.45) is 1.56. The van der Waals surface area contributed by atoms with Crippen LogP contribution in [0.15, 0.2) is 52.1 Å². The zero-order chi connectivity index (χ0) is 16.7. The Bertz CT molecular complexity index is 669. The Hall–Kier alpha value is -2.03. The molecule has 130 valence electrons. The first-order valence-electron chi connectivity index (χ1n) is 7.50. The molecule has 1 aromatic heterocycles. The summed E-state index contributed by atoms with van der Waals surface area (Å²) in [7, 11) is 0. The van der Waals surface area contributed by atoms with E-state index in [2.05, 4.69) is 35.5 Å². The number of nitrogens with zero attached hydrogens (tertiary/aromatic N) is 1. The van der Waals surface area contributed by atoms with Crippen molar-refractivity contribution in [1.82, 2.24) is 5.32 Å². The van der Waals surface area contributed by atoms with Crippen molar-refractivity contribution in [2.75, 3.05) is 11.9 Å². The molecule has 1 amide bonds. The summed E-state index contributed by atoms with van der Waals surface area (Å²) in [5.74, 6) is 1.11. The van der Waals surface area contributed by atoms with Gasteiger partial charge < -0.3 is 20.8 Å². The summed E-state index contributed by atoms with van der Waals surface area (Å²) in [6.45, 7) is 4.55. The fraction of sp³-hybridized carbons (Fsp3) is 0.294. The minimum atomic E-state index is -0.220. The van der Waals surface area contributed by atoms with Crippen LogP contribution in [0.25, 0.3) is 0 Å². The molecule has 6 nitrogen and oxygen atoms in total. The van der Waals surface area contributed by atoms with Crippen LogP contribution in [0.4, 0.5) is 5.69 Å². The van der Waals surface area contributed by atoms with Gasteiger partial charge in [0, 0.05) is 5.69 Å². The van der Waals surface area contributed by atoms with Crippen molar-refractivity contribution in [2.45, 2.75) is 26.3 Å². The van der Waals surface area contributed by atoms with Gasteiger partial charge in [-0.2, -0.15) is 0 Å². The maximum Gasteiger partial charge on any atom is 0.242 e. The fourth-order valence-corrected chi connectivity index (χ4v) is 1.97. The zero-order valence-electron chi connectivity index (χ0n) is 13.8. The van der Waals surface area contributed by atoms with Crippen molar-refractivity contribution in [3.8, 4) is 0 Å². The molecule has 0 atom stereocenters. The Kier molecular flexibility index (Phi) is 8.31. The molecule has 0 saturated heterocycles. The lowest BCUT2D eigenvalue weighted by Gasteiger charge is -2.10. The molecular formula is C17H23IN4O2. The molecule has 0 unspecified atom stereocenters. The van der Waals surface area contributed by atoms with Crippen LogP contribution >= 0.6 is 24.0 Å². The van der Waals surface area contributed by atoms with Gasteiger partial charge in [0.15, 0.2) is 5.96 Å². The fourth-order valence-electron chi connectivity index (χ4n) is 1.97. The van der Waals surface area contributed by atoms with Gasteiger partial charge >= 0.3 is 0 Å². The van der Waals surface area contributed by atoms with Gasteiger partial charge in [0.25, 0.3) is 0 Å². The van der Waals surface area contributed by atoms with Gasteiger partial charge in [0.1, 0.15) is 12.3 Å². The van der Waals surface area contributed by atoms with Gasteiger partial charge in [-0.1, -0.05) is 26.0 Å². The third kappa shape index (κ3) is 6.61. The van der Waals surface area contributed by atoms with Gasteiger partial charge in [-0.15, -0.1) is 24.0 Å². The summed E-state index contributed by atoms with van der Waals surface area (Å²) in [5.41, 5.74) is 7.87. The average Bonchev–Trinajstić information content (AvgIpc) is 3.04. The molecule has 0 fully saturated rings. The Morgan fingerprint density at radius 3 is 2.75 bits per heavy atom. The number of amides is 1. The van der Waals surface area contributed by atoms with E-state index in [0.717, 1.165) is 5.69 Å². The second-order valence-corrected chi connectivity index (χ2v) is 5.46. The van der Waals surface area contributed by atoms with Crippen molar-refractivity contribution in [3.05, 3.63) is 54.0 Å². The predicted molar refractivity (Wildman–Crippen MR) is 107 cm³/mol. The maximum absolute atomic E-state index is 11.7. The smallest absolute Gasteiger partial charge is 0.242 e. The summed E-state index contributed by atoms with van der Waals surface area (Å²) >= 11 is 0. The first-order valence-corrected chi connectivity index (χ1v) is 7.50. The molecule has 1 aromatic carbocycles. The SMILES string of the molecule is CC(C)c1cccc(NC(N)=NCC(=O)NCc2ccco2)c1.I. The zero-order valence-corrected chi connectivity index (χ0v) is 16.1. The highest BCUT2D eigenvalue weighted by atomic mass is 127. The first-order chi connectivity index (χ1) is 11.0. The number of hydrogen-bond acceptors (Lipinski definition) is 3. The van der Waals surface area contributed by atoms with Gasteiger partial charge in [0.2, 0.25) is 5.91 Å². The number of nitrogens with one attached hydrogen (secondary N) is 2. The van der Waals surface area contributed by atoms with Crippen LogP contribution in [-0.4, -0.2) is 18.4 Å². The van der Waals surface area contributed by atoms with Crippen LogP contribution in [-0.2, 0) is 11.3 Å². The van der Waals surface area contributed by atoms with Crippen LogP contribution in [0.1, 0.15) is 31.1 Å². The molecular weight excluding hydrogens is 419 g/mol. The minimum absolute atomic E-state index is 0. The number of guanidine groups is 1. The van der Waals surface area contributed by atoms with Gasteiger partial charge in [0.05, 0.1) is 12.8 Å². The van der Waals surface area contributed by atoms with E-state index in [-0.39, 0.29) is 42.4 Å². The Labute approximate surface area is 158 Å². The van der Waals surface area contributed by atoms with Crippen molar-refractivity contribution >= 4 is 41.5 Å².